The van der Waals surface area contributed by atoms with E-state index in [0.717, 1.165) is 16.7 Å². The summed E-state index contributed by atoms with van der Waals surface area (Å²) in [5, 5.41) is 13.3. The van der Waals surface area contributed by atoms with Crippen molar-refractivity contribution in [3.8, 4) is 0 Å². The molecule has 2 aromatic heterocycles. The summed E-state index contributed by atoms with van der Waals surface area (Å²) >= 11 is 0. The van der Waals surface area contributed by atoms with Gasteiger partial charge in [-0.1, -0.05) is 0 Å². The molecule has 0 saturated heterocycles. The van der Waals surface area contributed by atoms with Crippen LogP contribution in [0.2, 0.25) is 0 Å². The Bertz CT molecular complexity index is 166. The van der Waals surface area contributed by atoms with E-state index in [-0.39, 0.29) is 51.0 Å². The van der Waals surface area contributed by atoms with Gasteiger partial charge in [-0.3, -0.25) is 21.6 Å². The van der Waals surface area contributed by atoms with Gasteiger partial charge in [0.05, 0.1) is 0 Å². The summed E-state index contributed by atoms with van der Waals surface area (Å²) in [6, 6.07) is 0. The van der Waals surface area contributed by atoms with Crippen molar-refractivity contribution in [2.45, 2.75) is 0 Å². The first-order chi connectivity index (χ1) is 5.00. The van der Waals surface area contributed by atoms with E-state index in [2.05, 4.69) is 42.2 Å². The van der Waals surface area contributed by atoms with Gasteiger partial charge in [-0.25, -0.2) is 0 Å². The number of nitrogens with zero attached hydrogens (tertiary/aromatic N) is 4. The molecule has 6 nitrogen and oxygen atoms in total. The average molecular weight is 334 g/mol. The normalized spacial score (nSPS) is 7.38. The third kappa shape index (κ3) is 12.6. The molecule has 0 unspecified atom stereocenters. The van der Waals surface area contributed by atoms with Crippen LogP contribution in [0.4, 0.5) is 0 Å². The van der Waals surface area contributed by atoms with Crippen LogP contribution in [0.15, 0.2) is 0 Å². The average Bonchev–Trinajstić information content (AvgIpc) is 2.67. The van der Waals surface area contributed by atoms with Crippen molar-refractivity contribution in [1.29, 1.82) is 0 Å². The summed E-state index contributed by atoms with van der Waals surface area (Å²) < 4.78 is 0. The number of hydrogen-bond acceptors (Lipinski definition) is 4. The number of rotatable bonds is 0. The van der Waals surface area contributed by atoms with Crippen LogP contribution in [0.3, 0.4) is 0 Å². The van der Waals surface area contributed by atoms with Gasteiger partial charge in [0.25, 0.3) is 0 Å². The molecule has 2 N–H and O–H groups in total. The Morgan fingerprint density at radius 3 is 1.31 bits per heavy atom. The van der Waals surface area contributed by atoms with Crippen molar-refractivity contribution in [3.05, 3.63) is 11.9 Å². The van der Waals surface area contributed by atoms with E-state index >= 15 is 0 Å². The summed E-state index contributed by atoms with van der Waals surface area (Å²) in [6.45, 7) is 0. The molecule has 2 aromatic rings. The molecule has 0 aliphatic carbocycles. The third-order valence-corrected chi connectivity index (χ3v) is 1.24. The Hall–Kier alpha value is 0.603. The standard InChI is InChI=1S/2CHN3P.2ClH.Zr/c2*1-2-3-4-5-1;;;/h2*(H,2,3,4);2*1H;/q2*-1;;;+4/p-2. The van der Waals surface area contributed by atoms with E-state index in [9.17, 15) is 0 Å². The van der Waals surface area contributed by atoms with Gasteiger partial charge in [-0.15, -0.1) is 10.4 Å². The minimum Gasteiger partial charge on any atom is -1.00 e. The maximum absolute atomic E-state index is 3.33. The molecule has 0 spiro atoms. The molecular formula is C2H2Cl2N6P2Zr. The van der Waals surface area contributed by atoms with Gasteiger partial charge in [-0.05, 0) is 0 Å². The van der Waals surface area contributed by atoms with Gasteiger partial charge in [0.1, 0.15) is 0 Å². The van der Waals surface area contributed by atoms with E-state index in [1.165, 1.54) is 0 Å². The van der Waals surface area contributed by atoms with Crippen LogP contribution in [0.5, 0.6) is 0 Å². The maximum Gasteiger partial charge on any atom is 4.00 e. The molecule has 0 atom stereocenters. The molecule has 0 saturated carbocycles. The number of aromatic nitrogens is 6. The zero-order chi connectivity index (χ0) is 7.07. The van der Waals surface area contributed by atoms with Gasteiger partial charge < -0.3 is 35.0 Å². The predicted molar refractivity (Wildman–Crippen MR) is 35.5 cm³/mol. The quantitative estimate of drug-likeness (QED) is 0.471. The largest absolute Gasteiger partial charge is 4.00 e. The second kappa shape index (κ2) is 15.1. The Kier molecular flexibility index (Phi) is 22.3. The SMILES string of the molecule is [Cl-].[Cl-].[Zr+4].[c-]1nn[nH]p1.[c-]1nn[nH]p1. The molecule has 0 radical (unpaired) electrons. The van der Waals surface area contributed by atoms with Crippen LogP contribution >= 0.6 is 16.7 Å². The van der Waals surface area contributed by atoms with E-state index in [0.29, 0.717) is 0 Å². The second-order valence-electron chi connectivity index (χ2n) is 1.02. The van der Waals surface area contributed by atoms with Crippen molar-refractivity contribution in [1.82, 2.24) is 30.3 Å². The fourth-order valence-electron chi connectivity index (χ4n) is 0.224. The molecule has 2 rings (SSSR count). The van der Waals surface area contributed by atoms with Gasteiger partial charge >= 0.3 is 26.2 Å². The molecule has 0 bridgehead atoms. The molecular weight excluding hydrogens is 332 g/mol. The fourth-order valence-corrected chi connectivity index (χ4v) is 0.671. The number of hydrogen-bond donors (Lipinski definition) is 2. The van der Waals surface area contributed by atoms with Crippen molar-refractivity contribution in [2.24, 2.45) is 0 Å². The Morgan fingerprint density at radius 1 is 0.846 bits per heavy atom. The van der Waals surface area contributed by atoms with Crippen LogP contribution in [0, 0.1) is 11.9 Å². The summed E-state index contributed by atoms with van der Waals surface area (Å²) in [5.41, 5.74) is 0. The molecule has 0 aliphatic heterocycles. The zero-order valence-corrected chi connectivity index (χ0v) is 11.7. The number of halogens is 2. The van der Waals surface area contributed by atoms with Gasteiger partial charge in [0.2, 0.25) is 0 Å². The summed E-state index contributed by atoms with van der Waals surface area (Å²) in [5.74, 6) is 5.08. The Balaban J connectivity index is -0.000000125. The number of aromatic amines is 2. The summed E-state index contributed by atoms with van der Waals surface area (Å²) in [7, 11) is 1.72. The van der Waals surface area contributed by atoms with Crippen LogP contribution in [0.1, 0.15) is 0 Å². The molecule has 0 fully saturated rings. The fraction of sp³-hybridized carbons (Fsp3) is 0. The van der Waals surface area contributed by atoms with Crippen LogP contribution in [-0.2, 0) is 26.2 Å². The van der Waals surface area contributed by atoms with E-state index < -0.39 is 0 Å². The van der Waals surface area contributed by atoms with Gasteiger partial charge in [0, 0.05) is 0 Å². The van der Waals surface area contributed by atoms with Crippen LogP contribution < -0.4 is 24.8 Å². The van der Waals surface area contributed by atoms with Crippen molar-refractivity contribution >= 4 is 16.7 Å². The summed E-state index contributed by atoms with van der Waals surface area (Å²) in [4.78, 5) is 5.08. The second-order valence-corrected chi connectivity index (χ2v) is 2.27. The molecule has 2 heterocycles. The van der Waals surface area contributed by atoms with Gasteiger partial charge in [-0.2, -0.15) is 16.7 Å². The van der Waals surface area contributed by atoms with Crippen molar-refractivity contribution in [2.75, 3.05) is 0 Å². The minimum absolute atomic E-state index is 0. The molecule has 0 aliphatic rings. The van der Waals surface area contributed by atoms with E-state index in [4.69, 9.17) is 0 Å². The molecule has 0 amide bonds. The first-order valence-electron chi connectivity index (χ1n) is 2.19. The van der Waals surface area contributed by atoms with Crippen molar-refractivity contribution < 1.29 is 51.0 Å². The Morgan fingerprint density at radius 2 is 1.23 bits per heavy atom. The maximum atomic E-state index is 3.33. The molecule has 13 heavy (non-hydrogen) atoms. The molecule has 68 valence electrons. The Labute approximate surface area is 109 Å². The first kappa shape index (κ1) is 19.2. The van der Waals surface area contributed by atoms with E-state index in [1.807, 2.05) is 0 Å². The predicted octanol–water partition coefficient (Wildman–Crippen LogP) is -5.62. The molecule has 0 aromatic carbocycles. The topological polar surface area (TPSA) is 83.1 Å². The number of nitrogens with one attached hydrogen (secondary N) is 2. The van der Waals surface area contributed by atoms with Gasteiger partial charge in [0.15, 0.2) is 0 Å². The molecule has 11 heteroatoms. The smallest absolute Gasteiger partial charge is 1.00 e. The minimum atomic E-state index is 0. The van der Waals surface area contributed by atoms with E-state index in [1.54, 1.807) is 0 Å². The summed E-state index contributed by atoms with van der Waals surface area (Å²) in [6.07, 6.45) is 0. The van der Waals surface area contributed by atoms with Crippen LogP contribution in [-0.4, -0.2) is 30.3 Å². The third-order valence-electron chi connectivity index (χ3n) is 0.479. The van der Waals surface area contributed by atoms with Crippen molar-refractivity contribution in [3.63, 3.8) is 0 Å². The monoisotopic (exact) mass is 332 g/mol. The first-order valence-corrected chi connectivity index (χ1v) is 3.98. The number of H-pyrrole nitrogens is 2. The zero-order valence-electron chi connectivity index (χ0n) is 5.94. The van der Waals surface area contributed by atoms with Crippen LogP contribution in [0.25, 0.3) is 0 Å².